The number of aromatic nitrogens is 1. The van der Waals surface area contributed by atoms with E-state index >= 15 is 0 Å². The first-order valence-electron chi connectivity index (χ1n) is 8.06. The number of nitrogens with one attached hydrogen (secondary N) is 1. The third kappa shape index (κ3) is 4.58. The molecule has 0 aliphatic heterocycles. The summed E-state index contributed by atoms with van der Waals surface area (Å²) in [6.45, 7) is 0.102. The lowest BCUT2D eigenvalue weighted by molar-refractivity contribution is 0.0950. The van der Waals surface area contributed by atoms with E-state index in [1.54, 1.807) is 18.2 Å². The minimum atomic E-state index is -0.623. The van der Waals surface area contributed by atoms with Gasteiger partial charge in [-0.1, -0.05) is 12.1 Å². The van der Waals surface area contributed by atoms with Crippen molar-refractivity contribution in [2.45, 2.75) is 6.54 Å². The third-order valence-electron chi connectivity index (χ3n) is 3.71. The fourth-order valence-electron chi connectivity index (χ4n) is 2.38. The molecule has 0 aliphatic rings. The van der Waals surface area contributed by atoms with Crippen molar-refractivity contribution in [1.82, 2.24) is 10.3 Å². The van der Waals surface area contributed by atoms with Crippen LogP contribution < -0.4 is 14.8 Å². The maximum atomic E-state index is 13.7. The first-order valence-corrected chi connectivity index (χ1v) is 8.06. The summed E-state index contributed by atoms with van der Waals surface area (Å²) in [5.41, 5.74) is 0.744. The lowest BCUT2D eigenvalue weighted by Crippen LogP contribution is -2.23. The number of pyridine rings is 1. The fourth-order valence-corrected chi connectivity index (χ4v) is 2.38. The van der Waals surface area contributed by atoms with Gasteiger partial charge in [-0.3, -0.25) is 4.79 Å². The van der Waals surface area contributed by atoms with Crippen molar-refractivity contribution in [1.29, 1.82) is 0 Å². The average molecular weight is 370 g/mol. The van der Waals surface area contributed by atoms with Crippen LogP contribution in [0.1, 0.15) is 15.9 Å². The van der Waals surface area contributed by atoms with E-state index in [0.717, 1.165) is 6.07 Å². The number of methoxy groups -OCH3 is 1. The second-order valence-electron chi connectivity index (χ2n) is 5.56. The van der Waals surface area contributed by atoms with Crippen molar-refractivity contribution in [3.63, 3.8) is 0 Å². The van der Waals surface area contributed by atoms with Crippen LogP contribution in [-0.2, 0) is 6.54 Å². The van der Waals surface area contributed by atoms with Crippen molar-refractivity contribution in [2.24, 2.45) is 0 Å². The van der Waals surface area contributed by atoms with Crippen molar-refractivity contribution in [3.05, 3.63) is 83.6 Å². The summed E-state index contributed by atoms with van der Waals surface area (Å²) in [7, 11) is 1.35. The molecule has 0 unspecified atom stereocenters. The molecule has 138 valence electrons. The molecular weight excluding hydrogens is 354 g/mol. The molecular formula is C20H16F2N2O3. The summed E-state index contributed by atoms with van der Waals surface area (Å²) in [4.78, 5) is 16.4. The van der Waals surface area contributed by atoms with E-state index in [4.69, 9.17) is 9.47 Å². The molecule has 1 N–H and O–H groups in total. The van der Waals surface area contributed by atoms with Crippen LogP contribution in [-0.4, -0.2) is 18.0 Å². The number of hydrogen-bond donors (Lipinski definition) is 1. The van der Waals surface area contributed by atoms with E-state index in [2.05, 4.69) is 10.3 Å². The molecule has 3 aromatic rings. The molecule has 0 spiro atoms. The van der Waals surface area contributed by atoms with Crippen LogP contribution in [0.5, 0.6) is 17.4 Å². The summed E-state index contributed by atoms with van der Waals surface area (Å²) in [5, 5.41) is 2.68. The lowest BCUT2D eigenvalue weighted by Gasteiger charge is -2.11. The van der Waals surface area contributed by atoms with Crippen molar-refractivity contribution in [3.8, 4) is 17.4 Å². The van der Waals surface area contributed by atoms with Gasteiger partial charge in [0.2, 0.25) is 5.88 Å². The fraction of sp³-hybridized carbons (Fsp3) is 0.100. The number of amides is 1. The van der Waals surface area contributed by atoms with Gasteiger partial charge in [0, 0.05) is 29.9 Å². The lowest BCUT2D eigenvalue weighted by atomic mass is 10.2. The van der Waals surface area contributed by atoms with Crippen LogP contribution in [0.15, 0.2) is 60.8 Å². The van der Waals surface area contributed by atoms with Gasteiger partial charge in [0.05, 0.1) is 7.11 Å². The first-order chi connectivity index (χ1) is 13.1. The molecule has 2 aromatic carbocycles. The number of carbonyl (C=O) groups is 1. The van der Waals surface area contributed by atoms with E-state index < -0.39 is 17.5 Å². The Morgan fingerprint density at radius 3 is 2.70 bits per heavy atom. The Hall–Kier alpha value is -3.48. The molecule has 0 atom stereocenters. The Kier molecular flexibility index (Phi) is 5.61. The Balaban J connectivity index is 1.71. The Labute approximate surface area is 154 Å². The van der Waals surface area contributed by atoms with Crippen LogP contribution in [0.2, 0.25) is 0 Å². The second-order valence-corrected chi connectivity index (χ2v) is 5.56. The van der Waals surface area contributed by atoms with Crippen molar-refractivity contribution < 1.29 is 23.0 Å². The van der Waals surface area contributed by atoms with E-state index in [-0.39, 0.29) is 23.7 Å². The highest BCUT2D eigenvalue weighted by molar-refractivity contribution is 5.94. The van der Waals surface area contributed by atoms with Crippen molar-refractivity contribution >= 4 is 5.91 Å². The number of hydrogen-bond acceptors (Lipinski definition) is 4. The summed E-state index contributed by atoms with van der Waals surface area (Å²) in [6.07, 6.45) is 1.53. The predicted octanol–water partition coefficient (Wildman–Crippen LogP) is 4.09. The number of halogens is 2. The van der Waals surface area contributed by atoms with Gasteiger partial charge in [-0.15, -0.1) is 0 Å². The van der Waals surface area contributed by atoms with Gasteiger partial charge >= 0.3 is 0 Å². The van der Waals surface area contributed by atoms with E-state index in [0.29, 0.717) is 11.3 Å². The SMILES string of the molecule is COc1ccc(C(=O)NCc2cccnc2Oc2cccc(F)c2)cc1F. The zero-order valence-corrected chi connectivity index (χ0v) is 14.4. The smallest absolute Gasteiger partial charge is 0.251 e. The van der Waals surface area contributed by atoms with Gasteiger partial charge in [-0.2, -0.15) is 0 Å². The van der Waals surface area contributed by atoms with Gasteiger partial charge < -0.3 is 14.8 Å². The molecule has 0 saturated carbocycles. The first kappa shape index (κ1) is 18.3. The minimum absolute atomic E-state index is 0.0598. The van der Waals surface area contributed by atoms with Crippen LogP contribution in [0.4, 0.5) is 8.78 Å². The van der Waals surface area contributed by atoms with Gasteiger partial charge in [0.1, 0.15) is 11.6 Å². The minimum Gasteiger partial charge on any atom is -0.494 e. The summed E-state index contributed by atoms with van der Waals surface area (Å²) in [6, 6.07) is 13.0. The number of ether oxygens (including phenoxy) is 2. The predicted molar refractivity (Wildman–Crippen MR) is 94.8 cm³/mol. The Bertz CT molecular complexity index is 963. The molecule has 7 heteroatoms. The highest BCUT2D eigenvalue weighted by Crippen LogP contribution is 2.23. The normalized spacial score (nSPS) is 10.3. The molecule has 1 heterocycles. The molecule has 3 rings (SSSR count). The molecule has 0 bridgehead atoms. The second kappa shape index (κ2) is 8.27. The van der Waals surface area contributed by atoms with Gasteiger partial charge in [0.25, 0.3) is 5.91 Å². The standard InChI is InChI=1S/C20H16F2N2O3/c1-26-18-8-7-13(10-17(18)22)19(25)24-12-14-4-3-9-23-20(14)27-16-6-2-5-15(21)11-16/h2-11H,12H2,1H3,(H,24,25). The highest BCUT2D eigenvalue weighted by atomic mass is 19.1. The topological polar surface area (TPSA) is 60.5 Å². The van der Waals surface area contributed by atoms with Crippen LogP contribution in [0, 0.1) is 11.6 Å². The van der Waals surface area contributed by atoms with Gasteiger partial charge in [-0.05, 0) is 36.4 Å². The van der Waals surface area contributed by atoms with Gasteiger partial charge in [0.15, 0.2) is 11.6 Å². The van der Waals surface area contributed by atoms with Crippen molar-refractivity contribution in [2.75, 3.05) is 7.11 Å². The molecule has 5 nitrogen and oxygen atoms in total. The third-order valence-corrected chi connectivity index (χ3v) is 3.71. The summed E-state index contributed by atoms with van der Waals surface area (Å²) in [5.74, 6) is -0.925. The molecule has 27 heavy (non-hydrogen) atoms. The van der Waals surface area contributed by atoms with Crippen LogP contribution in [0.25, 0.3) is 0 Å². The Morgan fingerprint density at radius 1 is 1.11 bits per heavy atom. The molecule has 0 aliphatic carbocycles. The van der Waals surface area contributed by atoms with Gasteiger partial charge in [-0.25, -0.2) is 13.8 Å². The highest BCUT2D eigenvalue weighted by Gasteiger charge is 2.12. The molecule has 0 fully saturated rings. The zero-order chi connectivity index (χ0) is 19.2. The molecule has 0 radical (unpaired) electrons. The van der Waals surface area contributed by atoms with E-state index in [9.17, 15) is 13.6 Å². The maximum absolute atomic E-state index is 13.7. The Morgan fingerprint density at radius 2 is 1.96 bits per heavy atom. The number of benzene rings is 2. The maximum Gasteiger partial charge on any atom is 0.251 e. The van der Waals surface area contributed by atoms with Crippen LogP contribution >= 0.6 is 0 Å². The van der Waals surface area contributed by atoms with E-state index in [1.807, 2.05) is 0 Å². The van der Waals surface area contributed by atoms with Crippen LogP contribution in [0.3, 0.4) is 0 Å². The summed E-state index contributed by atoms with van der Waals surface area (Å²) < 4.78 is 37.5. The number of rotatable bonds is 6. The monoisotopic (exact) mass is 370 g/mol. The summed E-state index contributed by atoms with van der Waals surface area (Å²) >= 11 is 0. The number of carbonyl (C=O) groups excluding carboxylic acids is 1. The largest absolute Gasteiger partial charge is 0.494 e. The molecule has 0 saturated heterocycles. The average Bonchev–Trinajstić information content (AvgIpc) is 2.67. The molecule has 1 aromatic heterocycles. The zero-order valence-electron chi connectivity index (χ0n) is 14.4. The number of nitrogens with zero attached hydrogens (tertiary/aromatic N) is 1. The molecule has 1 amide bonds. The quantitative estimate of drug-likeness (QED) is 0.710. The van der Waals surface area contributed by atoms with E-state index in [1.165, 1.54) is 43.6 Å².